The van der Waals surface area contributed by atoms with Crippen LogP contribution in [0.1, 0.15) is 61.0 Å². The van der Waals surface area contributed by atoms with Crippen LogP contribution in [0.2, 0.25) is 0 Å². The Kier molecular flexibility index (Phi) is 7.01. The van der Waals surface area contributed by atoms with Gasteiger partial charge in [0.05, 0.1) is 10.5 Å². The van der Waals surface area contributed by atoms with Crippen molar-refractivity contribution in [3.8, 4) is 22.6 Å². The third kappa shape index (κ3) is 5.51. The lowest BCUT2D eigenvalue weighted by molar-refractivity contribution is 0.0786. The maximum atomic E-state index is 14.0. The molecule has 200 valence electrons. The van der Waals surface area contributed by atoms with E-state index in [1.807, 2.05) is 26.8 Å². The number of nitrogens with one attached hydrogen (secondary N) is 1. The predicted molar refractivity (Wildman–Crippen MR) is 151 cm³/mol. The summed E-state index contributed by atoms with van der Waals surface area (Å²) in [5, 5.41) is 14.3. The van der Waals surface area contributed by atoms with E-state index in [1.165, 1.54) is 16.7 Å². The number of amides is 1. The molecule has 8 heteroatoms. The maximum Gasteiger partial charge on any atom is 0.268 e. The molecular weight excluding hydrogens is 503 g/mol. The Balaban J connectivity index is 1.98. The van der Waals surface area contributed by atoms with Gasteiger partial charge in [0.15, 0.2) is 0 Å². The molecule has 2 N–H and O–H groups in total. The molecule has 38 heavy (non-hydrogen) atoms. The summed E-state index contributed by atoms with van der Waals surface area (Å²) in [5.74, 6) is 0.401. The van der Waals surface area contributed by atoms with Crippen molar-refractivity contribution >= 4 is 27.3 Å². The summed E-state index contributed by atoms with van der Waals surface area (Å²) in [6.45, 7) is 12.6. The standard InChI is InChI=1S/C30H33FN2O4S/c1-16-11-19(31)12-17(2)25(16)37-23-10-9-18(30(6,7)36)13-20(23)22-15-33(8)28(35)26-21(22)14-24(38-26)27(34)32-29(3,4)5/h9-15,36H,1-8H3,(H,32,34). The highest BCUT2D eigenvalue weighted by molar-refractivity contribution is 7.20. The van der Waals surface area contributed by atoms with E-state index >= 15 is 0 Å². The summed E-state index contributed by atoms with van der Waals surface area (Å²) in [4.78, 5) is 26.5. The summed E-state index contributed by atoms with van der Waals surface area (Å²) >= 11 is 1.14. The number of rotatable bonds is 5. The Morgan fingerprint density at radius 2 is 1.66 bits per heavy atom. The third-order valence-electron chi connectivity index (χ3n) is 6.19. The zero-order valence-electron chi connectivity index (χ0n) is 22.9. The topological polar surface area (TPSA) is 80.6 Å². The summed E-state index contributed by atoms with van der Waals surface area (Å²) in [6.07, 6.45) is 1.71. The largest absolute Gasteiger partial charge is 0.456 e. The molecule has 0 atom stereocenters. The van der Waals surface area contributed by atoms with Crippen LogP contribution in [-0.2, 0) is 12.6 Å². The van der Waals surface area contributed by atoms with Crippen molar-refractivity contribution in [3.63, 3.8) is 0 Å². The normalized spacial score (nSPS) is 12.2. The zero-order chi connectivity index (χ0) is 28.2. The average Bonchev–Trinajstić information content (AvgIpc) is 3.23. The van der Waals surface area contributed by atoms with E-state index in [1.54, 1.807) is 59.1 Å². The molecular formula is C30H33FN2O4S. The summed E-state index contributed by atoms with van der Waals surface area (Å²) < 4.78 is 22.3. The number of benzene rings is 2. The maximum absolute atomic E-state index is 14.0. The van der Waals surface area contributed by atoms with Gasteiger partial charge in [-0.05, 0) is 95.5 Å². The van der Waals surface area contributed by atoms with Crippen LogP contribution in [0.25, 0.3) is 21.2 Å². The second kappa shape index (κ2) is 9.67. The fraction of sp³-hybridized carbons (Fsp3) is 0.333. The van der Waals surface area contributed by atoms with Crippen molar-refractivity contribution in [2.45, 2.75) is 59.6 Å². The molecule has 0 unspecified atom stereocenters. The number of fused-ring (bicyclic) bond motifs is 1. The first kappa shape index (κ1) is 27.5. The quantitative estimate of drug-likeness (QED) is 0.302. The molecule has 6 nitrogen and oxygen atoms in total. The number of aliphatic hydroxyl groups is 1. The molecule has 1 amide bonds. The number of ether oxygens (including phenoxy) is 1. The number of nitrogens with zero attached hydrogens (tertiary/aromatic N) is 1. The van der Waals surface area contributed by atoms with Crippen molar-refractivity contribution in [2.75, 3.05) is 0 Å². The third-order valence-corrected chi connectivity index (χ3v) is 7.31. The number of carbonyl (C=O) groups is 1. The van der Waals surface area contributed by atoms with Crippen LogP contribution < -0.4 is 15.6 Å². The second-order valence-electron chi connectivity index (χ2n) is 11.3. The zero-order valence-corrected chi connectivity index (χ0v) is 23.8. The van der Waals surface area contributed by atoms with E-state index in [9.17, 15) is 19.1 Å². The van der Waals surface area contributed by atoms with E-state index in [0.717, 1.165) is 11.3 Å². The van der Waals surface area contributed by atoms with E-state index in [0.29, 0.717) is 54.3 Å². The highest BCUT2D eigenvalue weighted by Gasteiger charge is 2.24. The SMILES string of the molecule is Cc1cc(F)cc(C)c1Oc1ccc(C(C)(C)O)cc1-c1cn(C)c(=O)c2sc(C(=O)NC(C)(C)C)cc12. The Morgan fingerprint density at radius 1 is 1.03 bits per heavy atom. The van der Waals surface area contributed by atoms with Gasteiger partial charge in [-0.25, -0.2) is 4.39 Å². The van der Waals surface area contributed by atoms with Crippen LogP contribution in [0.3, 0.4) is 0 Å². The molecule has 0 radical (unpaired) electrons. The van der Waals surface area contributed by atoms with Gasteiger partial charge < -0.3 is 19.7 Å². The smallest absolute Gasteiger partial charge is 0.268 e. The molecule has 0 aliphatic carbocycles. The number of hydrogen-bond donors (Lipinski definition) is 2. The number of hydrogen-bond acceptors (Lipinski definition) is 5. The molecule has 2 aromatic carbocycles. The molecule has 4 rings (SSSR count). The Hall–Kier alpha value is -3.49. The fourth-order valence-electron chi connectivity index (χ4n) is 4.34. The highest BCUT2D eigenvalue weighted by atomic mass is 32.1. The van der Waals surface area contributed by atoms with Gasteiger partial charge in [-0.1, -0.05) is 6.07 Å². The first-order chi connectivity index (χ1) is 17.5. The minimum Gasteiger partial charge on any atom is -0.456 e. The second-order valence-corrected chi connectivity index (χ2v) is 12.3. The van der Waals surface area contributed by atoms with Crippen molar-refractivity contribution < 1.29 is 19.0 Å². The van der Waals surface area contributed by atoms with E-state index in [-0.39, 0.29) is 17.3 Å². The van der Waals surface area contributed by atoms with Gasteiger partial charge in [0.1, 0.15) is 22.0 Å². The number of carbonyl (C=O) groups excluding carboxylic acids is 1. The number of pyridine rings is 1. The molecule has 0 spiro atoms. The van der Waals surface area contributed by atoms with Gasteiger partial charge in [-0.2, -0.15) is 0 Å². The van der Waals surface area contributed by atoms with Crippen LogP contribution in [0.15, 0.2) is 47.4 Å². The van der Waals surface area contributed by atoms with Crippen molar-refractivity contribution in [3.05, 3.63) is 80.3 Å². The van der Waals surface area contributed by atoms with Gasteiger partial charge >= 0.3 is 0 Å². The molecule has 0 aliphatic heterocycles. The number of halogens is 1. The van der Waals surface area contributed by atoms with Gasteiger partial charge in [0, 0.05) is 35.3 Å². The van der Waals surface area contributed by atoms with Crippen LogP contribution in [0.4, 0.5) is 4.39 Å². The molecule has 2 heterocycles. The lowest BCUT2D eigenvalue weighted by Crippen LogP contribution is -2.40. The molecule has 4 aromatic rings. The van der Waals surface area contributed by atoms with E-state index < -0.39 is 11.1 Å². The van der Waals surface area contributed by atoms with Crippen LogP contribution >= 0.6 is 11.3 Å². The van der Waals surface area contributed by atoms with E-state index in [2.05, 4.69) is 5.32 Å². The van der Waals surface area contributed by atoms with Crippen molar-refractivity contribution in [2.24, 2.45) is 7.05 Å². The minimum absolute atomic E-state index is 0.213. The molecule has 0 fully saturated rings. The molecule has 2 aromatic heterocycles. The van der Waals surface area contributed by atoms with Crippen molar-refractivity contribution in [1.29, 1.82) is 0 Å². The minimum atomic E-state index is -1.14. The molecule has 0 saturated heterocycles. The Morgan fingerprint density at radius 3 is 2.24 bits per heavy atom. The van der Waals surface area contributed by atoms with E-state index in [4.69, 9.17) is 4.74 Å². The van der Waals surface area contributed by atoms with Crippen LogP contribution in [0.5, 0.6) is 11.5 Å². The summed E-state index contributed by atoms with van der Waals surface area (Å²) in [6, 6.07) is 9.93. The summed E-state index contributed by atoms with van der Waals surface area (Å²) in [7, 11) is 1.66. The van der Waals surface area contributed by atoms with Crippen LogP contribution in [-0.4, -0.2) is 21.1 Å². The lowest BCUT2D eigenvalue weighted by Gasteiger charge is -2.22. The van der Waals surface area contributed by atoms with Crippen LogP contribution in [0, 0.1) is 19.7 Å². The fourth-order valence-corrected chi connectivity index (χ4v) is 5.39. The van der Waals surface area contributed by atoms with Crippen molar-refractivity contribution in [1.82, 2.24) is 9.88 Å². The molecule has 0 saturated carbocycles. The Labute approximate surface area is 225 Å². The van der Waals surface area contributed by atoms with Gasteiger partial charge in [0.25, 0.3) is 11.5 Å². The molecule has 0 bridgehead atoms. The van der Waals surface area contributed by atoms with Gasteiger partial charge in [-0.3, -0.25) is 9.59 Å². The monoisotopic (exact) mass is 536 g/mol. The first-order valence-corrected chi connectivity index (χ1v) is 13.1. The van der Waals surface area contributed by atoms with Gasteiger partial charge in [0.2, 0.25) is 0 Å². The number of thiophene rings is 1. The van der Waals surface area contributed by atoms with Gasteiger partial charge in [-0.15, -0.1) is 11.3 Å². The first-order valence-electron chi connectivity index (χ1n) is 12.3. The number of aromatic nitrogens is 1. The highest BCUT2D eigenvalue weighted by Crippen LogP contribution is 2.42. The molecule has 0 aliphatic rings. The number of aryl methyl sites for hydroxylation is 3. The Bertz CT molecular complexity index is 1600. The predicted octanol–water partition coefficient (Wildman–Crippen LogP) is 6.57. The average molecular weight is 537 g/mol. The lowest BCUT2D eigenvalue weighted by atomic mass is 9.93. The summed E-state index contributed by atoms with van der Waals surface area (Å²) in [5.41, 5.74) is 1.45.